The number of likely N-dealkylation sites (tertiary alicyclic amines) is 1. The fraction of sp³-hybridized carbons (Fsp3) is 0.455. The predicted octanol–water partition coefficient (Wildman–Crippen LogP) is 4.08. The van der Waals surface area contributed by atoms with E-state index in [0.29, 0.717) is 17.0 Å². The zero-order valence-corrected chi connectivity index (χ0v) is 17.6. The summed E-state index contributed by atoms with van der Waals surface area (Å²) in [4.78, 5) is 23.4. The fourth-order valence-electron chi connectivity index (χ4n) is 3.70. The molecule has 0 aliphatic carbocycles. The number of ether oxygens (including phenoxy) is 1. The number of nitrogens with zero attached hydrogens (tertiary/aromatic N) is 4. The zero-order chi connectivity index (χ0) is 21.1. The molecule has 1 aliphatic rings. The van der Waals surface area contributed by atoms with Crippen molar-refractivity contribution in [2.45, 2.75) is 40.2 Å². The van der Waals surface area contributed by atoms with E-state index in [-0.39, 0.29) is 18.0 Å². The summed E-state index contributed by atoms with van der Waals surface area (Å²) in [5.41, 5.74) is 2.46. The molecule has 1 fully saturated rings. The highest BCUT2D eigenvalue weighted by molar-refractivity contribution is 6.05. The Morgan fingerprint density at radius 2 is 1.97 bits per heavy atom. The van der Waals surface area contributed by atoms with E-state index in [0.717, 1.165) is 31.2 Å². The Morgan fingerprint density at radius 3 is 2.67 bits per heavy atom. The Kier molecular flexibility index (Phi) is 5.94. The highest BCUT2D eigenvalue weighted by atomic mass is 16.5. The third-order valence-electron chi connectivity index (χ3n) is 5.42. The summed E-state index contributed by atoms with van der Waals surface area (Å²) in [5.74, 6) is 1.27. The van der Waals surface area contributed by atoms with E-state index >= 15 is 0 Å². The first-order valence-corrected chi connectivity index (χ1v) is 10.4. The standard InChI is InChI=1S/C22H27N5O3/c1-4-29-22(28)19-18-20(23-15(3)24-21(18)30-26-19)25-17-7-5-16(6-8-17)13-27-11-9-14(2)10-12-27/h5-8,14H,4,9-13H2,1-3H3,(H,23,24,25). The third kappa shape index (κ3) is 4.43. The minimum atomic E-state index is -0.557. The van der Waals surface area contributed by atoms with Gasteiger partial charge in [-0.15, -0.1) is 0 Å². The van der Waals surface area contributed by atoms with Gasteiger partial charge in [0.15, 0.2) is 0 Å². The molecule has 1 aromatic carbocycles. The molecule has 1 saturated heterocycles. The monoisotopic (exact) mass is 409 g/mol. The van der Waals surface area contributed by atoms with Gasteiger partial charge in [0, 0.05) is 12.2 Å². The van der Waals surface area contributed by atoms with Crippen molar-refractivity contribution in [3.05, 3.63) is 41.3 Å². The maximum absolute atomic E-state index is 12.2. The Hall–Kier alpha value is -3.00. The topological polar surface area (TPSA) is 93.4 Å². The van der Waals surface area contributed by atoms with E-state index in [1.165, 1.54) is 18.4 Å². The van der Waals surface area contributed by atoms with E-state index in [4.69, 9.17) is 9.26 Å². The van der Waals surface area contributed by atoms with Crippen molar-refractivity contribution in [3.8, 4) is 0 Å². The summed E-state index contributed by atoms with van der Waals surface area (Å²) < 4.78 is 10.3. The van der Waals surface area contributed by atoms with Gasteiger partial charge in [0.25, 0.3) is 5.71 Å². The number of carbonyl (C=O) groups is 1. The highest BCUT2D eigenvalue weighted by Gasteiger charge is 2.23. The van der Waals surface area contributed by atoms with Crippen LogP contribution in [-0.4, -0.2) is 45.7 Å². The largest absolute Gasteiger partial charge is 0.461 e. The first kappa shape index (κ1) is 20.3. The smallest absolute Gasteiger partial charge is 0.361 e. The molecular weight excluding hydrogens is 382 g/mol. The molecule has 0 saturated carbocycles. The summed E-state index contributed by atoms with van der Waals surface area (Å²) in [5, 5.41) is 7.54. The van der Waals surface area contributed by atoms with Crippen LogP contribution in [0.1, 0.15) is 48.6 Å². The second-order valence-electron chi connectivity index (χ2n) is 7.83. The quantitative estimate of drug-likeness (QED) is 0.609. The summed E-state index contributed by atoms with van der Waals surface area (Å²) >= 11 is 0. The number of aryl methyl sites for hydroxylation is 1. The molecule has 2 aromatic heterocycles. The number of carbonyl (C=O) groups excluding carboxylic acids is 1. The Bertz CT molecular complexity index is 1020. The second kappa shape index (κ2) is 8.79. The molecule has 0 atom stereocenters. The molecule has 8 nitrogen and oxygen atoms in total. The van der Waals surface area contributed by atoms with Gasteiger partial charge in [0.2, 0.25) is 5.69 Å². The number of esters is 1. The molecule has 158 valence electrons. The van der Waals surface area contributed by atoms with Crippen molar-refractivity contribution in [2.24, 2.45) is 5.92 Å². The Balaban J connectivity index is 1.53. The second-order valence-corrected chi connectivity index (χ2v) is 7.83. The molecule has 0 spiro atoms. The van der Waals surface area contributed by atoms with Crippen LogP contribution in [0.2, 0.25) is 0 Å². The van der Waals surface area contributed by atoms with Crippen LogP contribution in [-0.2, 0) is 11.3 Å². The Labute approximate surface area is 175 Å². The van der Waals surface area contributed by atoms with Crippen LogP contribution in [0.4, 0.5) is 11.5 Å². The number of piperidine rings is 1. The minimum absolute atomic E-state index is 0.0743. The van der Waals surface area contributed by atoms with E-state index in [1.54, 1.807) is 13.8 Å². The minimum Gasteiger partial charge on any atom is -0.461 e. The average Bonchev–Trinajstić information content (AvgIpc) is 3.15. The van der Waals surface area contributed by atoms with Crippen molar-refractivity contribution in [1.82, 2.24) is 20.0 Å². The molecule has 4 rings (SSSR count). The lowest BCUT2D eigenvalue weighted by atomic mass is 9.99. The number of hydrogen-bond donors (Lipinski definition) is 1. The first-order valence-electron chi connectivity index (χ1n) is 10.4. The van der Waals surface area contributed by atoms with Gasteiger partial charge in [-0.25, -0.2) is 9.78 Å². The third-order valence-corrected chi connectivity index (χ3v) is 5.42. The molecule has 3 aromatic rings. The molecule has 0 bridgehead atoms. The van der Waals surface area contributed by atoms with Gasteiger partial charge >= 0.3 is 5.97 Å². The van der Waals surface area contributed by atoms with Crippen molar-refractivity contribution >= 4 is 28.6 Å². The average molecular weight is 409 g/mol. The summed E-state index contributed by atoms with van der Waals surface area (Å²) in [6, 6.07) is 8.27. The van der Waals surface area contributed by atoms with Crippen LogP contribution < -0.4 is 5.32 Å². The normalized spacial score (nSPS) is 15.4. The molecule has 0 amide bonds. The van der Waals surface area contributed by atoms with Crippen LogP contribution in [0.15, 0.2) is 28.8 Å². The number of hydrogen-bond acceptors (Lipinski definition) is 8. The van der Waals surface area contributed by atoms with Gasteiger partial charge in [-0.1, -0.05) is 24.2 Å². The van der Waals surface area contributed by atoms with Crippen LogP contribution in [0.3, 0.4) is 0 Å². The first-order chi connectivity index (χ1) is 14.5. The zero-order valence-electron chi connectivity index (χ0n) is 17.6. The molecule has 1 N–H and O–H groups in total. The van der Waals surface area contributed by atoms with Crippen molar-refractivity contribution in [2.75, 3.05) is 25.0 Å². The number of aromatic nitrogens is 3. The van der Waals surface area contributed by atoms with Crippen LogP contribution >= 0.6 is 0 Å². The van der Waals surface area contributed by atoms with Gasteiger partial charge in [0.05, 0.1) is 6.61 Å². The van der Waals surface area contributed by atoms with Crippen molar-refractivity contribution in [3.63, 3.8) is 0 Å². The van der Waals surface area contributed by atoms with Crippen LogP contribution in [0.25, 0.3) is 11.1 Å². The SMILES string of the molecule is CCOC(=O)c1noc2nc(C)nc(Nc3ccc(CN4CCC(C)CC4)cc3)c12. The van der Waals surface area contributed by atoms with Crippen LogP contribution in [0, 0.1) is 12.8 Å². The van der Waals surface area contributed by atoms with Gasteiger partial charge in [0.1, 0.15) is 17.0 Å². The van der Waals surface area contributed by atoms with Gasteiger partial charge in [-0.05, 0) is 63.4 Å². The molecule has 3 heterocycles. The molecule has 8 heteroatoms. The summed E-state index contributed by atoms with van der Waals surface area (Å²) in [7, 11) is 0. The molecule has 0 unspecified atom stereocenters. The maximum Gasteiger partial charge on any atom is 0.361 e. The lowest BCUT2D eigenvalue weighted by Crippen LogP contribution is -2.32. The maximum atomic E-state index is 12.2. The Morgan fingerprint density at radius 1 is 1.23 bits per heavy atom. The number of anilines is 2. The lowest BCUT2D eigenvalue weighted by molar-refractivity contribution is 0.0517. The molecule has 0 radical (unpaired) electrons. The number of nitrogens with one attached hydrogen (secondary N) is 1. The van der Waals surface area contributed by atoms with Crippen molar-refractivity contribution in [1.29, 1.82) is 0 Å². The van der Waals surface area contributed by atoms with Gasteiger partial charge in [-0.2, -0.15) is 4.98 Å². The van der Waals surface area contributed by atoms with Gasteiger partial charge in [-0.3, -0.25) is 4.90 Å². The molecule has 1 aliphatic heterocycles. The molecular formula is C22H27N5O3. The van der Waals surface area contributed by atoms with E-state index in [1.807, 2.05) is 12.1 Å². The van der Waals surface area contributed by atoms with E-state index in [2.05, 4.69) is 44.4 Å². The summed E-state index contributed by atoms with van der Waals surface area (Å²) in [6.45, 7) is 9.35. The predicted molar refractivity (Wildman–Crippen MR) is 114 cm³/mol. The number of fused-ring (bicyclic) bond motifs is 1. The van der Waals surface area contributed by atoms with Crippen molar-refractivity contribution < 1.29 is 14.1 Å². The van der Waals surface area contributed by atoms with Crippen LogP contribution in [0.5, 0.6) is 0 Å². The van der Waals surface area contributed by atoms with E-state index < -0.39 is 5.97 Å². The van der Waals surface area contributed by atoms with Gasteiger partial charge < -0.3 is 14.6 Å². The number of benzene rings is 1. The number of rotatable bonds is 6. The van der Waals surface area contributed by atoms with E-state index in [9.17, 15) is 4.79 Å². The lowest BCUT2D eigenvalue weighted by Gasteiger charge is -2.30. The highest BCUT2D eigenvalue weighted by Crippen LogP contribution is 2.28. The fourth-order valence-corrected chi connectivity index (χ4v) is 3.70. The summed E-state index contributed by atoms with van der Waals surface area (Å²) in [6.07, 6.45) is 2.54. The molecule has 30 heavy (non-hydrogen) atoms.